The highest BCUT2D eigenvalue weighted by atomic mass is 32.2. The number of aliphatic hydroxyl groups is 1. The molecule has 4 nitrogen and oxygen atoms in total. The highest BCUT2D eigenvalue weighted by molar-refractivity contribution is 7.97. The minimum Gasteiger partial charge on any atom is -0.393 e. The van der Waals surface area contributed by atoms with Crippen molar-refractivity contribution in [1.82, 2.24) is 10.1 Å². The Morgan fingerprint density at radius 2 is 2.20 bits per heavy atom. The van der Waals surface area contributed by atoms with E-state index >= 15 is 0 Å². The van der Waals surface area contributed by atoms with E-state index in [2.05, 4.69) is 24.0 Å². The summed E-state index contributed by atoms with van der Waals surface area (Å²) in [7, 11) is 0. The van der Waals surface area contributed by atoms with Crippen LogP contribution in [0.5, 0.6) is 0 Å². The molecule has 0 saturated heterocycles. The van der Waals surface area contributed by atoms with Crippen molar-refractivity contribution in [3.05, 3.63) is 11.7 Å². The number of aromatic nitrogens is 2. The molecular weight excluding hydrogens is 212 g/mol. The van der Waals surface area contributed by atoms with Gasteiger partial charge in [-0.1, -0.05) is 19.0 Å². The third-order valence-electron chi connectivity index (χ3n) is 1.94. The molecule has 0 aliphatic heterocycles. The van der Waals surface area contributed by atoms with Crippen molar-refractivity contribution in [1.29, 1.82) is 0 Å². The first-order valence-corrected chi connectivity index (χ1v) is 6.49. The van der Waals surface area contributed by atoms with Gasteiger partial charge >= 0.3 is 0 Å². The van der Waals surface area contributed by atoms with E-state index in [4.69, 9.17) is 4.52 Å². The Morgan fingerprint density at radius 1 is 1.47 bits per heavy atom. The lowest BCUT2D eigenvalue weighted by molar-refractivity contribution is 0.138. The topological polar surface area (TPSA) is 59.2 Å². The van der Waals surface area contributed by atoms with E-state index in [1.807, 2.05) is 6.26 Å². The quantitative estimate of drug-likeness (QED) is 0.808. The van der Waals surface area contributed by atoms with Crippen molar-refractivity contribution in [3.63, 3.8) is 0 Å². The van der Waals surface area contributed by atoms with Crippen LogP contribution in [-0.4, -0.2) is 27.6 Å². The molecule has 1 heterocycles. The molecular formula is C10H18N2O2S. The molecule has 5 heteroatoms. The molecule has 1 rings (SSSR count). The van der Waals surface area contributed by atoms with Crippen molar-refractivity contribution in [2.75, 3.05) is 6.26 Å². The fourth-order valence-corrected chi connectivity index (χ4v) is 1.77. The van der Waals surface area contributed by atoms with Gasteiger partial charge in [-0.15, -0.1) is 0 Å². The molecule has 0 fully saturated rings. The van der Waals surface area contributed by atoms with E-state index in [9.17, 15) is 5.11 Å². The van der Waals surface area contributed by atoms with Gasteiger partial charge in [-0.3, -0.25) is 0 Å². The number of nitrogens with zero attached hydrogens (tertiary/aromatic N) is 2. The van der Waals surface area contributed by atoms with Gasteiger partial charge in [0, 0.05) is 0 Å². The summed E-state index contributed by atoms with van der Waals surface area (Å²) in [6, 6.07) is 0. The van der Waals surface area contributed by atoms with Gasteiger partial charge in [-0.2, -0.15) is 16.7 Å². The summed E-state index contributed by atoms with van der Waals surface area (Å²) in [6.45, 7) is 4.16. The van der Waals surface area contributed by atoms with Crippen molar-refractivity contribution in [3.8, 4) is 0 Å². The van der Waals surface area contributed by atoms with E-state index < -0.39 is 0 Å². The van der Waals surface area contributed by atoms with Crippen LogP contribution in [0.25, 0.3) is 0 Å². The molecule has 0 spiro atoms. The zero-order valence-corrected chi connectivity index (χ0v) is 10.3. The zero-order valence-electron chi connectivity index (χ0n) is 9.43. The largest absolute Gasteiger partial charge is 0.393 e. The normalized spacial score (nSPS) is 13.4. The molecule has 1 aromatic rings. The Labute approximate surface area is 94.5 Å². The predicted molar refractivity (Wildman–Crippen MR) is 60.7 cm³/mol. The van der Waals surface area contributed by atoms with Crippen molar-refractivity contribution < 1.29 is 9.63 Å². The highest BCUT2D eigenvalue weighted by Crippen LogP contribution is 2.11. The fraction of sp³-hybridized carbons (Fsp3) is 0.800. The molecule has 0 amide bonds. The number of thioether (sulfide) groups is 1. The third kappa shape index (κ3) is 4.66. The lowest BCUT2D eigenvalue weighted by Crippen LogP contribution is -2.13. The van der Waals surface area contributed by atoms with Gasteiger partial charge in [0.1, 0.15) is 0 Å². The van der Waals surface area contributed by atoms with Crippen LogP contribution in [0.15, 0.2) is 4.52 Å². The van der Waals surface area contributed by atoms with Crippen LogP contribution < -0.4 is 0 Å². The highest BCUT2D eigenvalue weighted by Gasteiger charge is 2.13. The number of hydrogen-bond donors (Lipinski definition) is 1. The van der Waals surface area contributed by atoms with Crippen LogP contribution in [0.4, 0.5) is 0 Å². The van der Waals surface area contributed by atoms with Crippen molar-refractivity contribution >= 4 is 11.8 Å². The maximum atomic E-state index is 9.68. The third-order valence-corrected chi connectivity index (χ3v) is 2.48. The number of rotatable bonds is 6. The Balaban J connectivity index is 2.42. The Morgan fingerprint density at radius 3 is 2.80 bits per heavy atom. The van der Waals surface area contributed by atoms with Crippen LogP contribution in [0.3, 0.4) is 0 Å². The van der Waals surface area contributed by atoms with Crippen LogP contribution >= 0.6 is 11.8 Å². The molecule has 0 saturated carbocycles. The maximum Gasteiger partial charge on any atom is 0.229 e. The van der Waals surface area contributed by atoms with Gasteiger partial charge in [-0.25, -0.2) is 0 Å². The molecule has 86 valence electrons. The lowest BCUT2D eigenvalue weighted by Gasteiger charge is -2.09. The second kappa shape index (κ2) is 6.12. The first kappa shape index (κ1) is 12.5. The summed E-state index contributed by atoms with van der Waals surface area (Å²) in [5.74, 6) is 2.47. The second-order valence-electron chi connectivity index (χ2n) is 4.02. The summed E-state index contributed by atoms with van der Waals surface area (Å²) >= 11 is 1.65. The lowest BCUT2D eigenvalue weighted by atomic mass is 10.0. The van der Waals surface area contributed by atoms with Crippen LogP contribution in [0.2, 0.25) is 0 Å². The molecule has 0 radical (unpaired) electrons. The summed E-state index contributed by atoms with van der Waals surface area (Å²) in [5.41, 5.74) is 0. The van der Waals surface area contributed by atoms with Crippen LogP contribution in [0.1, 0.15) is 32.0 Å². The van der Waals surface area contributed by atoms with Crippen LogP contribution in [-0.2, 0) is 12.2 Å². The second-order valence-corrected chi connectivity index (χ2v) is 4.89. The maximum absolute atomic E-state index is 9.68. The van der Waals surface area contributed by atoms with E-state index in [1.165, 1.54) is 0 Å². The predicted octanol–water partition coefficient (Wildman–Crippen LogP) is 1.88. The van der Waals surface area contributed by atoms with Gasteiger partial charge in [0.15, 0.2) is 5.82 Å². The minimum absolute atomic E-state index is 0.382. The summed E-state index contributed by atoms with van der Waals surface area (Å²) in [4.78, 5) is 4.19. The standard InChI is InChI=1S/C10H18N2O2S/c1-7(2)4-8(13)5-10-11-9(6-15-3)12-14-10/h7-8,13H,4-6H2,1-3H3. The van der Waals surface area contributed by atoms with E-state index in [0.717, 1.165) is 12.2 Å². The zero-order chi connectivity index (χ0) is 11.3. The Hall–Kier alpha value is -0.550. The van der Waals surface area contributed by atoms with Gasteiger partial charge in [0.25, 0.3) is 0 Å². The summed E-state index contributed by atoms with van der Waals surface area (Å²) in [5, 5.41) is 13.5. The average molecular weight is 230 g/mol. The molecule has 1 atom stereocenters. The van der Waals surface area contributed by atoms with Crippen molar-refractivity contribution in [2.24, 2.45) is 5.92 Å². The number of aliphatic hydroxyl groups excluding tert-OH is 1. The first-order valence-electron chi connectivity index (χ1n) is 5.10. The van der Waals surface area contributed by atoms with Gasteiger partial charge in [0.2, 0.25) is 5.89 Å². The molecule has 1 N–H and O–H groups in total. The van der Waals surface area contributed by atoms with E-state index in [1.54, 1.807) is 11.8 Å². The molecule has 0 bridgehead atoms. The summed E-state index contributed by atoms with van der Waals surface area (Å²) < 4.78 is 5.03. The van der Waals surface area contributed by atoms with Gasteiger partial charge < -0.3 is 9.63 Å². The van der Waals surface area contributed by atoms with Gasteiger partial charge in [-0.05, 0) is 18.6 Å². The SMILES string of the molecule is CSCc1noc(CC(O)CC(C)C)n1. The Bertz CT molecular complexity index is 289. The van der Waals surface area contributed by atoms with Crippen molar-refractivity contribution in [2.45, 2.75) is 38.5 Å². The Kier molecular flexibility index (Phi) is 5.11. The smallest absolute Gasteiger partial charge is 0.229 e. The van der Waals surface area contributed by atoms with Crippen LogP contribution in [0, 0.1) is 5.92 Å². The number of hydrogen-bond acceptors (Lipinski definition) is 5. The van der Waals surface area contributed by atoms with Gasteiger partial charge in [0.05, 0.1) is 18.3 Å². The molecule has 0 aliphatic rings. The average Bonchev–Trinajstić information content (AvgIpc) is 2.51. The monoisotopic (exact) mass is 230 g/mol. The molecule has 1 unspecified atom stereocenters. The molecule has 0 aromatic carbocycles. The summed E-state index contributed by atoms with van der Waals surface area (Å²) in [6.07, 6.45) is 2.83. The first-order chi connectivity index (χ1) is 7.11. The molecule has 1 aromatic heterocycles. The molecule has 15 heavy (non-hydrogen) atoms. The van der Waals surface area contributed by atoms with E-state index in [0.29, 0.717) is 24.1 Å². The minimum atomic E-state index is -0.382. The molecule has 0 aliphatic carbocycles. The fourth-order valence-electron chi connectivity index (χ4n) is 1.39. The van der Waals surface area contributed by atoms with E-state index in [-0.39, 0.29) is 6.10 Å².